The Morgan fingerprint density at radius 2 is 2.00 bits per heavy atom. The van der Waals surface area contributed by atoms with Gasteiger partial charge in [0.15, 0.2) is 0 Å². The molecule has 0 saturated carbocycles. The second kappa shape index (κ2) is 7.06. The monoisotopic (exact) mass is 344 g/mol. The summed E-state index contributed by atoms with van der Waals surface area (Å²) in [5, 5.41) is 6.83. The molecule has 3 aromatic rings. The van der Waals surface area contributed by atoms with Crippen LogP contribution in [0.2, 0.25) is 5.15 Å². The van der Waals surface area contributed by atoms with Gasteiger partial charge in [-0.2, -0.15) is 0 Å². The van der Waals surface area contributed by atoms with Crippen LogP contribution in [0, 0.1) is 6.92 Å². The van der Waals surface area contributed by atoms with Crippen LogP contribution in [0.3, 0.4) is 0 Å². The Kier molecular flexibility index (Phi) is 4.88. The fraction of sp³-hybridized carbons (Fsp3) is 0.235. The Balaban J connectivity index is 1.73. The zero-order chi connectivity index (χ0) is 16.2. The van der Waals surface area contributed by atoms with E-state index in [1.807, 2.05) is 19.1 Å². The Morgan fingerprint density at radius 3 is 2.78 bits per heavy atom. The normalized spacial score (nSPS) is 10.7. The maximum absolute atomic E-state index is 6.01. The summed E-state index contributed by atoms with van der Waals surface area (Å²) in [5.41, 5.74) is 3.40. The third-order valence-electron chi connectivity index (χ3n) is 3.44. The molecule has 0 unspecified atom stereocenters. The summed E-state index contributed by atoms with van der Waals surface area (Å²) < 4.78 is 0. The molecule has 0 fully saturated rings. The number of thiazole rings is 1. The van der Waals surface area contributed by atoms with Gasteiger partial charge in [0.25, 0.3) is 0 Å². The molecule has 0 atom stereocenters. The number of benzene rings is 1. The molecule has 0 aliphatic carbocycles. The number of halogens is 1. The largest absolute Gasteiger partial charge is 0.364 e. The summed E-state index contributed by atoms with van der Waals surface area (Å²) in [5.74, 6) is 1.46. The van der Waals surface area contributed by atoms with Gasteiger partial charge in [-0.15, -0.1) is 11.3 Å². The topological polar surface area (TPSA) is 50.7 Å². The van der Waals surface area contributed by atoms with Gasteiger partial charge in [0.2, 0.25) is 0 Å². The van der Waals surface area contributed by atoms with Crippen LogP contribution in [-0.4, -0.2) is 15.0 Å². The molecule has 0 bridgehead atoms. The molecule has 0 saturated heterocycles. The first kappa shape index (κ1) is 15.9. The van der Waals surface area contributed by atoms with E-state index in [9.17, 15) is 0 Å². The van der Waals surface area contributed by atoms with Gasteiger partial charge in [-0.3, -0.25) is 0 Å². The van der Waals surface area contributed by atoms with Crippen LogP contribution in [0.4, 0.5) is 5.82 Å². The zero-order valence-electron chi connectivity index (χ0n) is 13.0. The Bertz CT molecular complexity index is 816. The van der Waals surface area contributed by atoms with Crippen LogP contribution in [0.5, 0.6) is 0 Å². The van der Waals surface area contributed by atoms with Gasteiger partial charge in [0, 0.05) is 23.4 Å². The summed E-state index contributed by atoms with van der Waals surface area (Å²) in [4.78, 5) is 13.3. The molecular formula is C17H17ClN4S. The first-order valence-electron chi connectivity index (χ1n) is 7.43. The molecule has 1 N–H and O–H groups in total. The Morgan fingerprint density at radius 1 is 1.17 bits per heavy atom. The SMILES string of the molecule is CCc1nc(Cl)cc(NCc2csc(-c3ccccc3C)n2)n1. The van der Waals surface area contributed by atoms with Gasteiger partial charge < -0.3 is 5.32 Å². The van der Waals surface area contributed by atoms with Crippen LogP contribution in [0.1, 0.15) is 24.0 Å². The lowest BCUT2D eigenvalue weighted by Crippen LogP contribution is -2.04. The molecule has 4 nitrogen and oxygen atoms in total. The van der Waals surface area contributed by atoms with E-state index in [0.29, 0.717) is 11.7 Å². The van der Waals surface area contributed by atoms with E-state index in [2.05, 4.69) is 39.7 Å². The van der Waals surface area contributed by atoms with Crippen molar-refractivity contribution < 1.29 is 0 Å². The van der Waals surface area contributed by atoms with E-state index in [0.717, 1.165) is 28.8 Å². The summed E-state index contributed by atoms with van der Waals surface area (Å²) in [6.07, 6.45) is 0.753. The van der Waals surface area contributed by atoms with Crippen LogP contribution >= 0.6 is 22.9 Å². The number of nitrogens with one attached hydrogen (secondary N) is 1. The van der Waals surface area contributed by atoms with E-state index in [-0.39, 0.29) is 0 Å². The van der Waals surface area contributed by atoms with Crippen molar-refractivity contribution in [2.75, 3.05) is 5.32 Å². The van der Waals surface area contributed by atoms with Crippen molar-refractivity contribution in [1.82, 2.24) is 15.0 Å². The molecule has 0 aliphatic heterocycles. The number of nitrogens with zero attached hydrogens (tertiary/aromatic N) is 3. The highest BCUT2D eigenvalue weighted by Gasteiger charge is 2.08. The van der Waals surface area contributed by atoms with E-state index in [4.69, 9.17) is 16.6 Å². The fourth-order valence-corrected chi connectivity index (χ4v) is 3.33. The number of hydrogen-bond acceptors (Lipinski definition) is 5. The molecule has 2 heterocycles. The van der Waals surface area contributed by atoms with Crippen molar-refractivity contribution in [3.63, 3.8) is 0 Å². The lowest BCUT2D eigenvalue weighted by Gasteiger charge is -2.05. The van der Waals surface area contributed by atoms with E-state index in [1.54, 1.807) is 17.4 Å². The number of aromatic nitrogens is 3. The molecule has 23 heavy (non-hydrogen) atoms. The van der Waals surface area contributed by atoms with Crippen LogP contribution < -0.4 is 5.32 Å². The predicted octanol–water partition coefficient (Wildman–Crippen LogP) is 4.74. The fourth-order valence-electron chi connectivity index (χ4n) is 2.22. The smallest absolute Gasteiger partial charge is 0.134 e. The molecule has 0 aliphatic rings. The van der Waals surface area contributed by atoms with Crippen LogP contribution in [0.15, 0.2) is 35.7 Å². The molecule has 6 heteroatoms. The molecule has 0 radical (unpaired) electrons. The average Bonchev–Trinajstić information content (AvgIpc) is 3.01. The molecule has 3 rings (SSSR count). The van der Waals surface area contributed by atoms with Crippen molar-refractivity contribution in [3.8, 4) is 10.6 Å². The van der Waals surface area contributed by atoms with Crippen molar-refractivity contribution >= 4 is 28.8 Å². The van der Waals surface area contributed by atoms with Crippen molar-refractivity contribution in [3.05, 3.63) is 57.9 Å². The molecule has 0 amide bonds. The predicted molar refractivity (Wildman–Crippen MR) is 96.0 cm³/mol. The van der Waals surface area contributed by atoms with Gasteiger partial charge >= 0.3 is 0 Å². The minimum absolute atomic E-state index is 0.457. The summed E-state index contributed by atoms with van der Waals surface area (Å²) in [6, 6.07) is 10.0. The number of anilines is 1. The molecule has 2 aromatic heterocycles. The van der Waals surface area contributed by atoms with E-state index in [1.165, 1.54) is 11.1 Å². The van der Waals surface area contributed by atoms with Gasteiger partial charge in [-0.1, -0.05) is 42.8 Å². The Hall–Kier alpha value is -1.98. The average molecular weight is 345 g/mol. The Labute approximate surface area is 144 Å². The molecule has 1 aromatic carbocycles. The molecule has 118 valence electrons. The van der Waals surface area contributed by atoms with E-state index < -0.39 is 0 Å². The molecule has 0 spiro atoms. The maximum Gasteiger partial charge on any atom is 0.134 e. The van der Waals surface area contributed by atoms with Crippen molar-refractivity contribution in [2.45, 2.75) is 26.8 Å². The van der Waals surface area contributed by atoms with Gasteiger partial charge in [-0.05, 0) is 12.5 Å². The zero-order valence-corrected chi connectivity index (χ0v) is 14.6. The number of rotatable bonds is 5. The summed E-state index contributed by atoms with van der Waals surface area (Å²) >= 11 is 7.66. The first-order chi connectivity index (χ1) is 11.2. The highest BCUT2D eigenvalue weighted by molar-refractivity contribution is 7.13. The van der Waals surface area contributed by atoms with Crippen molar-refractivity contribution in [2.24, 2.45) is 0 Å². The van der Waals surface area contributed by atoms with Crippen molar-refractivity contribution in [1.29, 1.82) is 0 Å². The highest BCUT2D eigenvalue weighted by atomic mass is 35.5. The maximum atomic E-state index is 6.01. The lowest BCUT2D eigenvalue weighted by atomic mass is 10.1. The lowest BCUT2D eigenvalue weighted by molar-refractivity contribution is 0.929. The van der Waals surface area contributed by atoms with Gasteiger partial charge in [0.05, 0.1) is 12.2 Å². The summed E-state index contributed by atoms with van der Waals surface area (Å²) in [7, 11) is 0. The standard InChI is InChI=1S/C17H17ClN4S/c1-3-15-21-14(18)8-16(22-15)19-9-12-10-23-17(20-12)13-7-5-4-6-11(13)2/h4-8,10H,3,9H2,1-2H3,(H,19,21,22). The third kappa shape index (κ3) is 3.86. The minimum atomic E-state index is 0.457. The molecular weight excluding hydrogens is 328 g/mol. The van der Waals surface area contributed by atoms with Crippen LogP contribution in [-0.2, 0) is 13.0 Å². The minimum Gasteiger partial charge on any atom is -0.364 e. The number of hydrogen-bond donors (Lipinski definition) is 1. The quantitative estimate of drug-likeness (QED) is 0.679. The summed E-state index contributed by atoms with van der Waals surface area (Å²) in [6.45, 7) is 4.72. The first-order valence-corrected chi connectivity index (χ1v) is 8.69. The second-order valence-electron chi connectivity index (χ2n) is 5.16. The third-order valence-corrected chi connectivity index (χ3v) is 4.55. The highest BCUT2D eigenvalue weighted by Crippen LogP contribution is 2.26. The number of aryl methyl sites for hydroxylation is 2. The van der Waals surface area contributed by atoms with Crippen LogP contribution in [0.25, 0.3) is 10.6 Å². The van der Waals surface area contributed by atoms with Gasteiger partial charge in [0.1, 0.15) is 21.8 Å². The second-order valence-corrected chi connectivity index (χ2v) is 6.40. The van der Waals surface area contributed by atoms with Gasteiger partial charge in [-0.25, -0.2) is 15.0 Å². The van der Waals surface area contributed by atoms with E-state index >= 15 is 0 Å².